The van der Waals surface area contributed by atoms with E-state index in [1.165, 1.54) is 5.56 Å². The van der Waals surface area contributed by atoms with Gasteiger partial charge in [-0.2, -0.15) is 0 Å². The molecule has 1 unspecified atom stereocenters. The summed E-state index contributed by atoms with van der Waals surface area (Å²) in [6.45, 7) is 0.415. The van der Waals surface area contributed by atoms with Gasteiger partial charge in [0.1, 0.15) is 12.4 Å². The summed E-state index contributed by atoms with van der Waals surface area (Å²) in [5, 5.41) is 9.96. The minimum Gasteiger partial charge on any atom is -0.489 e. The maximum absolute atomic E-state index is 9.96. The average Bonchev–Trinajstić information content (AvgIpc) is 2.53. The van der Waals surface area contributed by atoms with Gasteiger partial charge in [0.15, 0.2) is 0 Å². The molecular formula is C17H19NO3. The van der Waals surface area contributed by atoms with Crippen LogP contribution >= 0.6 is 0 Å². The van der Waals surface area contributed by atoms with Crippen molar-refractivity contribution in [3.05, 3.63) is 53.2 Å². The molecule has 1 aromatic heterocycles. The lowest BCUT2D eigenvalue weighted by molar-refractivity contribution is 0.156. The molecule has 1 atom stereocenters. The summed E-state index contributed by atoms with van der Waals surface area (Å²) < 4.78 is 11.0. The van der Waals surface area contributed by atoms with E-state index in [0.29, 0.717) is 12.5 Å². The molecule has 0 spiro atoms. The third kappa shape index (κ3) is 3.00. The van der Waals surface area contributed by atoms with Crippen LogP contribution < -0.4 is 9.47 Å². The van der Waals surface area contributed by atoms with E-state index in [-0.39, 0.29) is 6.10 Å². The fourth-order valence-corrected chi connectivity index (χ4v) is 2.73. The molecule has 0 saturated heterocycles. The predicted octanol–water partition coefficient (Wildman–Crippen LogP) is 3.04. The van der Waals surface area contributed by atoms with Crippen LogP contribution in [0, 0.1) is 0 Å². The zero-order valence-electron chi connectivity index (χ0n) is 12.1. The number of hydrogen-bond acceptors (Lipinski definition) is 4. The molecule has 1 aliphatic rings. The van der Waals surface area contributed by atoms with E-state index in [0.717, 1.165) is 36.1 Å². The van der Waals surface area contributed by atoms with Crippen LogP contribution in [0.15, 0.2) is 36.5 Å². The second-order valence-electron chi connectivity index (χ2n) is 5.23. The first-order valence-electron chi connectivity index (χ1n) is 7.19. The molecule has 1 aromatic carbocycles. The molecule has 0 aliphatic heterocycles. The Labute approximate surface area is 124 Å². The number of methoxy groups -OCH3 is 1. The quantitative estimate of drug-likeness (QED) is 0.938. The van der Waals surface area contributed by atoms with Crippen molar-refractivity contribution < 1.29 is 14.6 Å². The standard InChI is InChI=1S/C17H19NO3/c1-20-17-13(5-3-9-18-17)11-21-14-7-8-15-12(10-14)4-2-6-16(15)19/h3,5,7-10,16,19H,2,4,6,11H2,1H3. The van der Waals surface area contributed by atoms with E-state index in [1.54, 1.807) is 13.3 Å². The van der Waals surface area contributed by atoms with E-state index in [4.69, 9.17) is 9.47 Å². The summed E-state index contributed by atoms with van der Waals surface area (Å²) in [5.74, 6) is 1.40. The topological polar surface area (TPSA) is 51.6 Å². The fourth-order valence-electron chi connectivity index (χ4n) is 2.73. The number of ether oxygens (including phenoxy) is 2. The van der Waals surface area contributed by atoms with Crippen molar-refractivity contribution >= 4 is 0 Å². The van der Waals surface area contributed by atoms with Crippen LogP contribution in [0.3, 0.4) is 0 Å². The molecule has 4 heteroatoms. The number of fused-ring (bicyclic) bond motifs is 1. The van der Waals surface area contributed by atoms with Gasteiger partial charge < -0.3 is 14.6 Å². The summed E-state index contributed by atoms with van der Waals surface area (Å²) in [5.41, 5.74) is 3.13. The zero-order valence-corrected chi connectivity index (χ0v) is 12.1. The Kier molecular flexibility index (Phi) is 4.06. The van der Waals surface area contributed by atoms with Gasteiger partial charge in [-0.1, -0.05) is 6.07 Å². The van der Waals surface area contributed by atoms with Gasteiger partial charge in [-0.05, 0) is 54.7 Å². The number of aliphatic hydroxyl groups is 1. The summed E-state index contributed by atoms with van der Waals surface area (Å²) in [4.78, 5) is 4.15. The maximum atomic E-state index is 9.96. The normalized spacial score (nSPS) is 17.1. The van der Waals surface area contributed by atoms with Crippen molar-refractivity contribution in [3.8, 4) is 11.6 Å². The zero-order chi connectivity index (χ0) is 14.7. The van der Waals surface area contributed by atoms with Crippen molar-refractivity contribution in [2.24, 2.45) is 0 Å². The highest BCUT2D eigenvalue weighted by Gasteiger charge is 2.18. The third-order valence-electron chi connectivity index (χ3n) is 3.83. The van der Waals surface area contributed by atoms with E-state index in [2.05, 4.69) is 4.98 Å². The average molecular weight is 285 g/mol. The second kappa shape index (κ2) is 6.14. The Bertz CT molecular complexity index is 627. The molecule has 4 nitrogen and oxygen atoms in total. The molecule has 0 amide bonds. The molecular weight excluding hydrogens is 266 g/mol. The van der Waals surface area contributed by atoms with E-state index < -0.39 is 0 Å². The highest BCUT2D eigenvalue weighted by Crippen LogP contribution is 2.32. The SMILES string of the molecule is COc1ncccc1COc1ccc2c(c1)CCCC2O. The number of aromatic nitrogens is 1. The lowest BCUT2D eigenvalue weighted by Crippen LogP contribution is -2.09. The molecule has 110 valence electrons. The van der Waals surface area contributed by atoms with Gasteiger partial charge in [-0.15, -0.1) is 0 Å². The lowest BCUT2D eigenvalue weighted by Gasteiger charge is -2.21. The number of nitrogens with zero attached hydrogens (tertiary/aromatic N) is 1. The van der Waals surface area contributed by atoms with Gasteiger partial charge in [0, 0.05) is 6.20 Å². The Hall–Kier alpha value is -2.07. The van der Waals surface area contributed by atoms with Crippen LogP contribution in [0.1, 0.15) is 35.6 Å². The molecule has 1 N–H and O–H groups in total. The summed E-state index contributed by atoms with van der Waals surface area (Å²) >= 11 is 0. The van der Waals surface area contributed by atoms with Gasteiger partial charge in [-0.25, -0.2) is 4.98 Å². The van der Waals surface area contributed by atoms with Gasteiger partial charge >= 0.3 is 0 Å². The molecule has 1 aliphatic carbocycles. The van der Waals surface area contributed by atoms with E-state index in [9.17, 15) is 5.11 Å². The first kappa shape index (κ1) is 13.9. The van der Waals surface area contributed by atoms with Crippen molar-refractivity contribution in [1.82, 2.24) is 4.98 Å². The van der Waals surface area contributed by atoms with Crippen LogP contribution in [-0.2, 0) is 13.0 Å². The molecule has 0 radical (unpaired) electrons. The third-order valence-corrected chi connectivity index (χ3v) is 3.83. The van der Waals surface area contributed by atoms with E-state index >= 15 is 0 Å². The van der Waals surface area contributed by atoms with Crippen LogP contribution in [0.2, 0.25) is 0 Å². The highest BCUT2D eigenvalue weighted by atomic mass is 16.5. The van der Waals surface area contributed by atoms with Crippen molar-refractivity contribution in [2.75, 3.05) is 7.11 Å². The van der Waals surface area contributed by atoms with Crippen molar-refractivity contribution in [1.29, 1.82) is 0 Å². The monoisotopic (exact) mass is 285 g/mol. The number of aryl methyl sites for hydroxylation is 1. The Morgan fingerprint density at radius 3 is 3.10 bits per heavy atom. The maximum Gasteiger partial charge on any atom is 0.219 e. The number of hydrogen-bond donors (Lipinski definition) is 1. The molecule has 2 aromatic rings. The molecule has 1 heterocycles. The molecule has 3 rings (SSSR count). The van der Waals surface area contributed by atoms with Crippen LogP contribution in [0.5, 0.6) is 11.6 Å². The van der Waals surface area contributed by atoms with Gasteiger partial charge in [-0.3, -0.25) is 0 Å². The van der Waals surface area contributed by atoms with Crippen molar-refractivity contribution in [2.45, 2.75) is 32.0 Å². The smallest absolute Gasteiger partial charge is 0.219 e. The summed E-state index contributed by atoms with van der Waals surface area (Å²) in [6, 6.07) is 9.71. The highest BCUT2D eigenvalue weighted by molar-refractivity contribution is 5.38. The summed E-state index contributed by atoms with van der Waals surface area (Å²) in [7, 11) is 1.60. The lowest BCUT2D eigenvalue weighted by atomic mass is 9.89. The van der Waals surface area contributed by atoms with Crippen LogP contribution in [0.25, 0.3) is 0 Å². The first-order valence-corrected chi connectivity index (χ1v) is 7.19. The minimum absolute atomic E-state index is 0.332. The van der Waals surface area contributed by atoms with Crippen molar-refractivity contribution in [3.63, 3.8) is 0 Å². The second-order valence-corrected chi connectivity index (χ2v) is 5.23. The minimum atomic E-state index is -0.332. The van der Waals surface area contributed by atoms with Gasteiger partial charge in [0.05, 0.1) is 18.8 Å². The Morgan fingerprint density at radius 2 is 2.24 bits per heavy atom. The number of aliphatic hydroxyl groups excluding tert-OH is 1. The van der Waals surface area contributed by atoms with Crippen LogP contribution in [-0.4, -0.2) is 17.2 Å². The fraction of sp³-hybridized carbons (Fsp3) is 0.353. The molecule has 0 saturated carbocycles. The van der Waals surface area contributed by atoms with Crippen LogP contribution in [0.4, 0.5) is 0 Å². The van der Waals surface area contributed by atoms with E-state index in [1.807, 2.05) is 30.3 Å². The number of benzene rings is 1. The molecule has 0 bridgehead atoms. The largest absolute Gasteiger partial charge is 0.489 e. The first-order chi connectivity index (χ1) is 10.3. The Balaban J connectivity index is 1.74. The molecule has 0 fully saturated rings. The van der Waals surface area contributed by atoms with Gasteiger partial charge in [0.25, 0.3) is 0 Å². The predicted molar refractivity (Wildman–Crippen MR) is 79.5 cm³/mol. The Morgan fingerprint density at radius 1 is 1.33 bits per heavy atom. The number of rotatable bonds is 4. The van der Waals surface area contributed by atoms with Gasteiger partial charge in [0.2, 0.25) is 5.88 Å². The molecule has 21 heavy (non-hydrogen) atoms. The summed E-state index contributed by atoms with van der Waals surface area (Å²) in [6.07, 6.45) is 4.23. The number of pyridine rings is 1.